The Morgan fingerprint density at radius 2 is 1.75 bits per heavy atom. The van der Waals surface area contributed by atoms with Gasteiger partial charge in [-0.25, -0.2) is 0 Å². The minimum Gasteiger partial charge on any atom is -0.379 e. The summed E-state index contributed by atoms with van der Waals surface area (Å²) >= 11 is 0. The number of nitrogens with zero attached hydrogens (tertiary/aromatic N) is 3. The summed E-state index contributed by atoms with van der Waals surface area (Å²) in [5, 5.41) is 13.7. The molecule has 1 aromatic rings. The molecule has 2 saturated heterocycles. The summed E-state index contributed by atoms with van der Waals surface area (Å²) in [5.74, 6) is -0.543. The lowest BCUT2D eigenvalue weighted by Gasteiger charge is -2.39. The van der Waals surface area contributed by atoms with Crippen LogP contribution in [-0.4, -0.2) is 97.7 Å². The molecule has 1 unspecified atom stereocenters. The van der Waals surface area contributed by atoms with E-state index in [1.807, 2.05) is 12.3 Å². The van der Waals surface area contributed by atoms with E-state index in [9.17, 15) is 24.0 Å². The van der Waals surface area contributed by atoms with Gasteiger partial charge in [-0.05, 0) is 100 Å². The Morgan fingerprint density at radius 3 is 2.34 bits per heavy atom. The predicted molar refractivity (Wildman–Crippen MR) is 167 cm³/mol. The first-order chi connectivity index (χ1) is 21.3. The van der Waals surface area contributed by atoms with Crippen molar-refractivity contribution in [2.24, 2.45) is 11.8 Å². The number of anilines is 1. The van der Waals surface area contributed by atoms with Crippen LogP contribution >= 0.6 is 0 Å². The Morgan fingerprint density at radius 1 is 1.05 bits per heavy atom. The van der Waals surface area contributed by atoms with Crippen LogP contribution < -0.4 is 15.5 Å². The molecule has 236 valence electrons. The van der Waals surface area contributed by atoms with Crippen molar-refractivity contribution in [2.45, 2.75) is 69.4 Å². The molecule has 11 heteroatoms. The highest BCUT2D eigenvalue weighted by Crippen LogP contribution is 2.33. The van der Waals surface area contributed by atoms with Gasteiger partial charge in [-0.1, -0.05) is 0 Å². The summed E-state index contributed by atoms with van der Waals surface area (Å²) in [7, 11) is 1.45. The Balaban J connectivity index is 1.12. The molecule has 1 aromatic carbocycles. The van der Waals surface area contributed by atoms with E-state index in [0.717, 1.165) is 100 Å². The largest absolute Gasteiger partial charge is 0.379 e. The number of aldehydes is 2. The van der Waals surface area contributed by atoms with Crippen LogP contribution in [0.25, 0.3) is 0 Å². The number of piperidine rings is 2. The summed E-state index contributed by atoms with van der Waals surface area (Å²) < 4.78 is 0. The number of fused-ring (bicyclic) bond motifs is 1. The third kappa shape index (κ3) is 6.47. The van der Waals surface area contributed by atoms with Crippen LogP contribution in [0, 0.1) is 17.2 Å². The quantitative estimate of drug-likeness (QED) is 0.177. The molecule has 44 heavy (non-hydrogen) atoms. The Hall–Kier alpha value is -3.86. The molecule has 3 N–H and O–H groups in total. The molecule has 5 rings (SSSR count). The van der Waals surface area contributed by atoms with Crippen LogP contribution in [0.1, 0.15) is 78.5 Å². The van der Waals surface area contributed by atoms with Gasteiger partial charge in [0.2, 0.25) is 5.91 Å². The number of likely N-dealkylation sites (N-methyl/N-ethyl adjacent to an activating group) is 1. The average Bonchev–Trinajstić information content (AvgIpc) is 3.28. The number of likely N-dealkylation sites (tertiary alicyclic amines) is 1. The standard InChI is InChI=1S/C33H44N6O5/c1-35-30(42)29(4-2-17-40)39-31(43)27-6-5-26(18-28(27)32(39)44)38-15-7-23(8-16-38)21-37-13-9-24(10-14-37)25(19-34)20-36-33(22-41)11-3-12-33/h5-6,17-20,22-24,29,34,36H,2-4,7-16,21H2,1H3,(H,35,42)/b25-20+,34-19?. The van der Waals surface area contributed by atoms with Gasteiger partial charge in [-0.2, -0.15) is 0 Å². The number of imide groups is 1. The maximum atomic E-state index is 13.3. The van der Waals surface area contributed by atoms with E-state index in [-0.39, 0.29) is 12.8 Å². The minimum absolute atomic E-state index is 0.0755. The van der Waals surface area contributed by atoms with E-state index in [0.29, 0.717) is 29.2 Å². The first-order valence-electron chi connectivity index (χ1n) is 15.9. The second kappa shape index (κ2) is 13.8. The molecule has 4 aliphatic rings. The number of hydrogen-bond donors (Lipinski definition) is 3. The van der Waals surface area contributed by atoms with Gasteiger partial charge in [0.05, 0.1) is 16.7 Å². The van der Waals surface area contributed by atoms with E-state index in [4.69, 9.17) is 5.41 Å². The van der Waals surface area contributed by atoms with E-state index >= 15 is 0 Å². The average molecular weight is 605 g/mol. The number of allylic oxidation sites excluding steroid dienone is 1. The maximum Gasteiger partial charge on any atom is 0.262 e. The van der Waals surface area contributed by atoms with Crippen molar-refractivity contribution in [3.05, 3.63) is 41.1 Å². The summed E-state index contributed by atoms with van der Waals surface area (Å²) in [4.78, 5) is 67.1. The number of carbonyl (C=O) groups excluding carboxylic acids is 5. The maximum absolute atomic E-state index is 13.3. The Bertz CT molecular complexity index is 1310. The predicted octanol–water partition coefficient (Wildman–Crippen LogP) is 2.55. The van der Waals surface area contributed by atoms with Crippen molar-refractivity contribution in [1.29, 1.82) is 5.41 Å². The normalized spacial score (nSPS) is 21.8. The molecule has 3 aliphatic heterocycles. The summed E-state index contributed by atoms with van der Waals surface area (Å²) in [6.07, 6.45) is 12.1. The van der Waals surface area contributed by atoms with Crippen LogP contribution in [0.4, 0.5) is 5.69 Å². The van der Waals surface area contributed by atoms with Crippen molar-refractivity contribution in [3.8, 4) is 0 Å². The van der Waals surface area contributed by atoms with Gasteiger partial charge in [0.15, 0.2) is 0 Å². The molecule has 0 aromatic heterocycles. The van der Waals surface area contributed by atoms with E-state index in [2.05, 4.69) is 20.4 Å². The van der Waals surface area contributed by atoms with Gasteiger partial charge in [-0.15, -0.1) is 0 Å². The van der Waals surface area contributed by atoms with Crippen LogP contribution in [0.2, 0.25) is 0 Å². The fraction of sp³-hybridized carbons (Fsp3) is 0.576. The summed E-state index contributed by atoms with van der Waals surface area (Å²) in [5.41, 5.74) is 2.05. The van der Waals surface area contributed by atoms with Crippen LogP contribution in [0.3, 0.4) is 0 Å². The van der Waals surface area contributed by atoms with Crippen LogP contribution in [0.5, 0.6) is 0 Å². The van der Waals surface area contributed by atoms with Gasteiger partial charge >= 0.3 is 0 Å². The first-order valence-corrected chi connectivity index (χ1v) is 15.9. The van der Waals surface area contributed by atoms with Gasteiger partial charge in [-0.3, -0.25) is 19.3 Å². The minimum atomic E-state index is -1.02. The van der Waals surface area contributed by atoms with Crippen molar-refractivity contribution in [3.63, 3.8) is 0 Å². The lowest BCUT2D eigenvalue weighted by molar-refractivity contribution is -0.124. The molecular weight excluding hydrogens is 560 g/mol. The number of amides is 3. The molecule has 11 nitrogen and oxygen atoms in total. The highest BCUT2D eigenvalue weighted by Gasteiger charge is 2.43. The fourth-order valence-electron chi connectivity index (χ4n) is 7.04. The second-order valence-corrected chi connectivity index (χ2v) is 12.7. The zero-order valence-corrected chi connectivity index (χ0v) is 25.6. The van der Waals surface area contributed by atoms with Crippen molar-refractivity contribution >= 4 is 42.2 Å². The monoisotopic (exact) mass is 604 g/mol. The smallest absolute Gasteiger partial charge is 0.262 e. The highest BCUT2D eigenvalue weighted by molar-refractivity contribution is 6.23. The van der Waals surface area contributed by atoms with Crippen molar-refractivity contribution in [1.82, 2.24) is 20.4 Å². The molecule has 0 spiro atoms. The molecule has 0 bridgehead atoms. The molecular formula is C33H44N6O5. The number of benzene rings is 1. The van der Waals surface area contributed by atoms with E-state index in [1.54, 1.807) is 12.1 Å². The van der Waals surface area contributed by atoms with Gasteiger partial charge in [0, 0.05) is 51.2 Å². The first kappa shape index (κ1) is 31.6. The Labute approximate surface area is 258 Å². The van der Waals surface area contributed by atoms with E-state index in [1.165, 1.54) is 13.3 Å². The Kier molecular flexibility index (Phi) is 9.93. The SMILES string of the molecule is CNC(=O)C(CCC=O)N1C(=O)c2ccc(N3CCC(CN4CCC(/C(C=N)=C/NC5(C=O)CCC5)CC4)CC3)cc2C1=O. The molecule has 0 radical (unpaired) electrons. The van der Waals surface area contributed by atoms with Crippen molar-refractivity contribution in [2.75, 3.05) is 44.7 Å². The second-order valence-electron chi connectivity index (χ2n) is 12.7. The van der Waals surface area contributed by atoms with Gasteiger partial charge in [0.1, 0.15) is 18.6 Å². The van der Waals surface area contributed by atoms with Gasteiger partial charge in [0.25, 0.3) is 11.8 Å². The number of rotatable bonds is 13. The molecule has 3 amide bonds. The molecule has 3 fully saturated rings. The van der Waals surface area contributed by atoms with Crippen LogP contribution in [0.15, 0.2) is 30.0 Å². The van der Waals surface area contributed by atoms with Crippen LogP contribution in [-0.2, 0) is 14.4 Å². The third-order valence-electron chi connectivity index (χ3n) is 10.0. The molecule has 1 saturated carbocycles. The number of hydrogen-bond acceptors (Lipinski definition) is 9. The summed E-state index contributed by atoms with van der Waals surface area (Å²) in [6, 6.07) is 4.31. The lowest BCUT2D eigenvalue weighted by Crippen LogP contribution is -2.50. The topological polar surface area (TPSA) is 143 Å². The summed E-state index contributed by atoms with van der Waals surface area (Å²) in [6.45, 7) is 4.75. The third-order valence-corrected chi connectivity index (χ3v) is 10.0. The zero-order valence-electron chi connectivity index (χ0n) is 25.6. The fourth-order valence-corrected chi connectivity index (χ4v) is 7.04. The lowest BCUT2D eigenvalue weighted by atomic mass is 9.78. The number of carbonyl (C=O) groups is 5. The van der Waals surface area contributed by atoms with Gasteiger partial charge < -0.3 is 35.4 Å². The zero-order chi connectivity index (χ0) is 31.3. The molecule has 1 aliphatic carbocycles. The highest BCUT2D eigenvalue weighted by atomic mass is 16.2. The molecule has 1 atom stereocenters. The molecule has 3 heterocycles. The number of nitrogens with one attached hydrogen (secondary N) is 3. The van der Waals surface area contributed by atoms with E-state index < -0.39 is 29.3 Å². The van der Waals surface area contributed by atoms with Crippen molar-refractivity contribution < 1.29 is 24.0 Å².